The van der Waals surface area contributed by atoms with Gasteiger partial charge in [-0.15, -0.1) is 0 Å². The lowest BCUT2D eigenvalue weighted by atomic mass is 9.78. The summed E-state index contributed by atoms with van der Waals surface area (Å²) in [6, 6.07) is 5.18. The van der Waals surface area contributed by atoms with Crippen molar-refractivity contribution in [2.75, 3.05) is 0 Å². The van der Waals surface area contributed by atoms with Gasteiger partial charge in [-0.3, -0.25) is 0 Å². The number of nitrogens with two attached hydrogens (primary N) is 1. The van der Waals surface area contributed by atoms with E-state index < -0.39 is 10.0 Å². The normalized spacial score (nSPS) is 24.4. The Morgan fingerprint density at radius 3 is 2.59 bits per heavy atom. The maximum atomic E-state index is 11.4. The van der Waals surface area contributed by atoms with E-state index in [1.54, 1.807) is 12.1 Å². The van der Waals surface area contributed by atoms with E-state index in [1.165, 1.54) is 0 Å². The third-order valence-electron chi connectivity index (χ3n) is 3.24. The number of hydrogen-bond acceptors (Lipinski definition) is 3. The van der Waals surface area contributed by atoms with Crippen LogP contribution in [0.25, 0.3) is 0 Å². The largest absolute Gasteiger partial charge is 0.393 e. The van der Waals surface area contributed by atoms with Gasteiger partial charge in [0.25, 0.3) is 0 Å². The van der Waals surface area contributed by atoms with Gasteiger partial charge in [-0.1, -0.05) is 17.7 Å². The summed E-state index contributed by atoms with van der Waals surface area (Å²) in [5.41, 5.74) is 1.79. The number of aliphatic hydroxyl groups excluding tert-OH is 1. The summed E-state index contributed by atoms with van der Waals surface area (Å²) in [6.07, 6.45) is 1.95. The van der Waals surface area contributed by atoms with Gasteiger partial charge < -0.3 is 5.11 Å². The van der Waals surface area contributed by atoms with E-state index in [1.807, 2.05) is 13.0 Å². The molecule has 0 spiro atoms. The third kappa shape index (κ3) is 2.86. The van der Waals surface area contributed by atoms with Crippen LogP contribution in [0.2, 0.25) is 0 Å². The van der Waals surface area contributed by atoms with Crippen LogP contribution in [0.5, 0.6) is 0 Å². The first-order valence-corrected chi connectivity index (χ1v) is 7.21. The molecule has 2 rings (SSSR count). The molecule has 1 aliphatic rings. The van der Waals surface area contributed by atoms with Crippen molar-refractivity contribution in [3.05, 3.63) is 29.3 Å². The van der Waals surface area contributed by atoms with Gasteiger partial charge in [0, 0.05) is 0 Å². The Kier molecular flexibility index (Phi) is 3.25. The topological polar surface area (TPSA) is 80.4 Å². The van der Waals surface area contributed by atoms with Gasteiger partial charge in [0.15, 0.2) is 0 Å². The molecule has 94 valence electrons. The summed E-state index contributed by atoms with van der Waals surface area (Å²) in [5.74, 6) is 0.368. The lowest BCUT2D eigenvalue weighted by Crippen LogP contribution is -2.30. The van der Waals surface area contributed by atoms with Gasteiger partial charge in [-0.25, -0.2) is 13.6 Å². The van der Waals surface area contributed by atoms with Crippen LogP contribution in [-0.2, 0) is 16.4 Å². The molecule has 0 saturated heterocycles. The van der Waals surface area contributed by atoms with Gasteiger partial charge >= 0.3 is 0 Å². The molecule has 1 aromatic rings. The van der Waals surface area contributed by atoms with E-state index in [4.69, 9.17) is 5.14 Å². The van der Waals surface area contributed by atoms with Crippen molar-refractivity contribution in [2.24, 2.45) is 11.1 Å². The van der Waals surface area contributed by atoms with Crippen LogP contribution < -0.4 is 5.14 Å². The summed E-state index contributed by atoms with van der Waals surface area (Å²) in [4.78, 5) is 0.212. The first-order valence-electron chi connectivity index (χ1n) is 5.66. The van der Waals surface area contributed by atoms with Crippen molar-refractivity contribution in [3.8, 4) is 0 Å². The monoisotopic (exact) mass is 255 g/mol. The van der Waals surface area contributed by atoms with E-state index in [0.717, 1.165) is 24.0 Å². The summed E-state index contributed by atoms with van der Waals surface area (Å²) < 4.78 is 22.9. The number of sulfonamides is 1. The molecule has 0 bridgehead atoms. The zero-order chi connectivity index (χ0) is 12.6. The summed E-state index contributed by atoms with van der Waals surface area (Å²) in [5, 5.41) is 14.4. The average Bonchev–Trinajstić information content (AvgIpc) is 2.13. The Bertz CT molecular complexity index is 519. The van der Waals surface area contributed by atoms with Gasteiger partial charge in [-0.05, 0) is 43.7 Å². The second-order valence-corrected chi connectivity index (χ2v) is 6.38. The summed E-state index contributed by atoms with van der Waals surface area (Å²) in [7, 11) is -3.66. The minimum absolute atomic E-state index is 0.212. The van der Waals surface area contributed by atoms with Crippen LogP contribution in [0.3, 0.4) is 0 Å². The fourth-order valence-electron chi connectivity index (χ4n) is 2.32. The first kappa shape index (κ1) is 12.5. The van der Waals surface area contributed by atoms with Crippen LogP contribution in [0.15, 0.2) is 23.1 Å². The van der Waals surface area contributed by atoms with E-state index in [9.17, 15) is 13.5 Å². The molecule has 1 aromatic carbocycles. The minimum Gasteiger partial charge on any atom is -0.393 e. The zero-order valence-electron chi connectivity index (χ0n) is 9.76. The molecule has 0 heterocycles. The van der Waals surface area contributed by atoms with Crippen LogP contribution in [0.4, 0.5) is 0 Å². The quantitative estimate of drug-likeness (QED) is 0.844. The van der Waals surface area contributed by atoms with Crippen molar-refractivity contribution < 1.29 is 13.5 Å². The maximum absolute atomic E-state index is 11.4. The maximum Gasteiger partial charge on any atom is 0.238 e. The Morgan fingerprint density at radius 1 is 1.41 bits per heavy atom. The number of primary sulfonamides is 1. The highest BCUT2D eigenvalue weighted by molar-refractivity contribution is 7.89. The average molecular weight is 255 g/mol. The molecule has 4 nitrogen and oxygen atoms in total. The molecule has 0 radical (unpaired) electrons. The molecule has 1 fully saturated rings. The smallest absolute Gasteiger partial charge is 0.238 e. The van der Waals surface area contributed by atoms with Gasteiger partial charge in [0.05, 0.1) is 11.0 Å². The van der Waals surface area contributed by atoms with Crippen molar-refractivity contribution >= 4 is 10.0 Å². The SMILES string of the molecule is Cc1ccc(S(N)(=O)=O)c(CC2CC(O)C2)c1. The summed E-state index contributed by atoms with van der Waals surface area (Å²) in [6.45, 7) is 1.92. The Morgan fingerprint density at radius 2 is 2.06 bits per heavy atom. The number of benzene rings is 1. The second kappa shape index (κ2) is 4.40. The van der Waals surface area contributed by atoms with Crippen LogP contribution in [-0.4, -0.2) is 19.6 Å². The van der Waals surface area contributed by atoms with Crippen molar-refractivity contribution in [1.82, 2.24) is 0 Å². The number of rotatable bonds is 3. The van der Waals surface area contributed by atoms with E-state index in [-0.39, 0.29) is 11.0 Å². The highest BCUT2D eigenvalue weighted by Gasteiger charge is 2.28. The second-order valence-electron chi connectivity index (χ2n) is 4.85. The standard InChI is InChI=1S/C12H17NO3S/c1-8-2-3-12(17(13,15)16)10(4-8)5-9-6-11(14)7-9/h2-4,9,11,14H,5-7H2,1H3,(H2,13,15,16). The number of aryl methyl sites for hydroxylation is 1. The van der Waals surface area contributed by atoms with E-state index in [0.29, 0.717) is 12.3 Å². The van der Waals surface area contributed by atoms with Crippen LogP contribution >= 0.6 is 0 Å². The number of aliphatic hydroxyl groups is 1. The molecule has 1 aliphatic carbocycles. The molecular weight excluding hydrogens is 238 g/mol. The molecule has 0 unspecified atom stereocenters. The number of hydrogen-bond donors (Lipinski definition) is 2. The molecule has 0 aromatic heterocycles. The summed E-state index contributed by atoms with van der Waals surface area (Å²) >= 11 is 0. The Labute approximate surface area is 102 Å². The van der Waals surface area contributed by atoms with Crippen molar-refractivity contribution in [1.29, 1.82) is 0 Å². The fraction of sp³-hybridized carbons (Fsp3) is 0.500. The predicted octanol–water partition coefficient (Wildman–Crippen LogP) is 0.956. The molecule has 0 amide bonds. The van der Waals surface area contributed by atoms with Crippen molar-refractivity contribution in [3.63, 3.8) is 0 Å². The highest BCUT2D eigenvalue weighted by atomic mass is 32.2. The Balaban J connectivity index is 2.28. The van der Waals surface area contributed by atoms with Crippen molar-refractivity contribution in [2.45, 2.75) is 37.2 Å². The van der Waals surface area contributed by atoms with Crippen LogP contribution in [0.1, 0.15) is 24.0 Å². The van der Waals surface area contributed by atoms with E-state index in [2.05, 4.69) is 0 Å². The molecule has 3 N–H and O–H groups in total. The lowest BCUT2D eigenvalue weighted by molar-refractivity contribution is 0.0430. The first-order chi connectivity index (χ1) is 7.86. The molecule has 5 heteroatoms. The predicted molar refractivity (Wildman–Crippen MR) is 65.0 cm³/mol. The molecule has 0 atom stereocenters. The van der Waals surface area contributed by atoms with Gasteiger partial charge in [-0.2, -0.15) is 0 Å². The Hall–Kier alpha value is -0.910. The zero-order valence-corrected chi connectivity index (χ0v) is 10.6. The van der Waals surface area contributed by atoms with Crippen LogP contribution in [0, 0.1) is 12.8 Å². The third-order valence-corrected chi connectivity index (χ3v) is 4.25. The van der Waals surface area contributed by atoms with Gasteiger partial charge in [0.1, 0.15) is 0 Å². The molecular formula is C12H17NO3S. The lowest BCUT2D eigenvalue weighted by Gasteiger charge is -2.31. The molecule has 17 heavy (non-hydrogen) atoms. The van der Waals surface area contributed by atoms with Gasteiger partial charge in [0.2, 0.25) is 10.0 Å². The molecule has 0 aliphatic heterocycles. The van der Waals surface area contributed by atoms with E-state index >= 15 is 0 Å². The highest BCUT2D eigenvalue weighted by Crippen LogP contribution is 2.32. The molecule has 1 saturated carbocycles. The fourth-order valence-corrected chi connectivity index (χ4v) is 3.09. The minimum atomic E-state index is -3.66.